The summed E-state index contributed by atoms with van der Waals surface area (Å²) in [5, 5.41) is 16.5. The molecule has 0 spiro atoms. The maximum absolute atomic E-state index is 11.9. The van der Waals surface area contributed by atoms with E-state index < -0.39 is 4.92 Å². The summed E-state index contributed by atoms with van der Waals surface area (Å²) in [5.41, 5.74) is 1.72. The molecule has 7 nitrogen and oxygen atoms in total. The van der Waals surface area contributed by atoms with Gasteiger partial charge in [0, 0.05) is 23.0 Å². The molecule has 0 unspecified atom stereocenters. The Hall–Kier alpha value is -3.09. The van der Waals surface area contributed by atoms with Crippen LogP contribution < -0.4 is 15.4 Å². The molecular weight excluding hydrogens is 298 g/mol. The average molecular weight is 315 g/mol. The first-order valence-electron chi connectivity index (χ1n) is 6.93. The lowest BCUT2D eigenvalue weighted by atomic mass is 10.1. The van der Waals surface area contributed by atoms with Gasteiger partial charge in [-0.3, -0.25) is 14.9 Å². The number of ether oxygens (including phenoxy) is 1. The molecule has 1 amide bonds. The van der Waals surface area contributed by atoms with E-state index >= 15 is 0 Å². The Morgan fingerprint density at radius 1 is 1.22 bits per heavy atom. The van der Waals surface area contributed by atoms with Crippen LogP contribution in [0.25, 0.3) is 0 Å². The van der Waals surface area contributed by atoms with Gasteiger partial charge < -0.3 is 15.4 Å². The highest BCUT2D eigenvalue weighted by molar-refractivity contribution is 5.93. The third-order valence-corrected chi connectivity index (χ3v) is 3.32. The van der Waals surface area contributed by atoms with Crippen LogP contribution in [0, 0.1) is 17.0 Å². The average Bonchev–Trinajstić information content (AvgIpc) is 2.54. The number of nitro groups is 1. The van der Waals surface area contributed by atoms with Crippen LogP contribution in [0.4, 0.5) is 17.1 Å². The molecule has 23 heavy (non-hydrogen) atoms. The zero-order chi connectivity index (χ0) is 16.8. The standard InChI is InChI=1S/C16H17N3O4/c1-11-14(4-3-5-15(11)19(21)22)17-10-16(20)18-12-6-8-13(23-2)9-7-12/h3-9,17H,10H2,1-2H3,(H,18,20). The molecule has 2 N–H and O–H groups in total. The summed E-state index contributed by atoms with van der Waals surface area (Å²) < 4.78 is 5.04. The molecule has 0 aliphatic rings. The third-order valence-electron chi connectivity index (χ3n) is 3.32. The number of anilines is 2. The smallest absolute Gasteiger partial charge is 0.274 e. The molecule has 0 fully saturated rings. The summed E-state index contributed by atoms with van der Waals surface area (Å²) in [6, 6.07) is 11.7. The zero-order valence-corrected chi connectivity index (χ0v) is 12.8. The fourth-order valence-corrected chi connectivity index (χ4v) is 2.07. The second-order valence-electron chi connectivity index (χ2n) is 4.84. The van der Waals surface area contributed by atoms with Gasteiger partial charge in [0.1, 0.15) is 5.75 Å². The lowest BCUT2D eigenvalue weighted by Gasteiger charge is -2.10. The summed E-state index contributed by atoms with van der Waals surface area (Å²) in [6.45, 7) is 1.65. The quantitative estimate of drug-likeness (QED) is 0.631. The lowest BCUT2D eigenvalue weighted by molar-refractivity contribution is -0.385. The van der Waals surface area contributed by atoms with E-state index in [9.17, 15) is 14.9 Å². The first kappa shape index (κ1) is 16.3. The Balaban J connectivity index is 1.96. The molecule has 0 bridgehead atoms. The molecular formula is C16H17N3O4. The second-order valence-corrected chi connectivity index (χ2v) is 4.84. The Labute approximate surface area is 133 Å². The Morgan fingerprint density at radius 2 is 1.91 bits per heavy atom. The number of rotatable bonds is 6. The second kappa shape index (κ2) is 7.26. The minimum Gasteiger partial charge on any atom is -0.497 e. The van der Waals surface area contributed by atoms with Gasteiger partial charge in [0.2, 0.25) is 5.91 Å². The highest BCUT2D eigenvalue weighted by atomic mass is 16.6. The van der Waals surface area contributed by atoms with E-state index in [0.717, 1.165) is 0 Å². The van der Waals surface area contributed by atoms with Crippen LogP contribution in [0.2, 0.25) is 0 Å². The minimum atomic E-state index is -0.446. The van der Waals surface area contributed by atoms with Gasteiger partial charge in [-0.05, 0) is 37.3 Å². The van der Waals surface area contributed by atoms with Gasteiger partial charge in [0.15, 0.2) is 0 Å². The van der Waals surface area contributed by atoms with Crippen molar-refractivity contribution in [1.82, 2.24) is 0 Å². The molecule has 2 aromatic rings. The van der Waals surface area contributed by atoms with Gasteiger partial charge in [0.05, 0.1) is 18.6 Å². The van der Waals surface area contributed by atoms with Crippen LogP contribution in [-0.4, -0.2) is 24.5 Å². The first-order chi connectivity index (χ1) is 11.0. The van der Waals surface area contributed by atoms with Crippen molar-refractivity contribution in [1.29, 1.82) is 0 Å². The fourth-order valence-electron chi connectivity index (χ4n) is 2.07. The van der Waals surface area contributed by atoms with Crippen LogP contribution in [0.5, 0.6) is 5.75 Å². The van der Waals surface area contributed by atoms with Crippen molar-refractivity contribution in [2.75, 3.05) is 24.3 Å². The van der Waals surface area contributed by atoms with Crippen molar-refractivity contribution in [3.05, 3.63) is 58.1 Å². The number of nitrogens with zero attached hydrogens (tertiary/aromatic N) is 1. The van der Waals surface area contributed by atoms with Crippen molar-refractivity contribution < 1.29 is 14.5 Å². The summed E-state index contributed by atoms with van der Waals surface area (Å²) >= 11 is 0. The van der Waals surface area contributed by atoms with Crippen LogP contribution in [-0.2, 0) is 4.79 Å². The molecule has 120 valence electrons. The summed E-state index contributed by atoms with van der Waals surface area (Å²) in [4.78, 5) is 22.4. The van der Waals surface area contributed by atoms with Crippen molar-refractivity contribution in [3.63, 3.8) is 0 Å². The van der Waals surface area contributed by atoms with Gasteiger partial charge in [-0.1, -0.05) is 6.07 Å². The summed E-state index contributed by atoms with van der Waals surface area (Å²) in [6.07, 6.45) is 0. The first-order valence-corrected chi connectivity index (χ1v) is 6.93. The zero-order valence-electron chi connectivity index (χ0n) is 12.8. The molecule has 2 aromatic carbocycles. The van der Waals surface area contributed by atoms with Gasteiger partial charge >= 0.3 is 0 Å². The van der Waals surface area contributed by atoms with E-state index in [0.29, 0.717) is 22.7 Å². The largest absolute Gasteiger partial charge is 0.497 e. The molecule has 0 radical (unpaired) electrons. The van der Waals surface area contributed by atoms with Crippen molar-refractivity contribution in [2.24, 2.45) is 0 Å². The van der Waals surface area contributed by atoms with Gasteiger partial charge in [-0.2, -0.15) is 0 Å². The number of methoxy groups -OCH3 is 1. The van der Waals surface area contributed by atoms with E-state index in [1.165, 1.54) is 6.07 Å². The van der Waals surface area contributed by atoms with Gasteiger partial charge in [-0.25, -0.2) is 0 Å². The van der Waals surface area contributed by atoms with Crippen LogP contribution in [0.3, 0.4) is 0 Å². The number of carbonyl (C=O) groups excluding carboxylic acids is 1. The van der Waals surface area contributed by atoms with Gasteiger partial charge in [-0.15, -0.1) is 0 Å². The molecule has 0 saturated heterocycles. The van der Waals surface area contributed by atoms with Crippen LogP contribution >= 0.6 is 0 Å². The number of nitrogens with one attached hydrogen (secondary N) is 2. The van der Waals surface area contributed by atoms with E-state index in [4.69, 9.17) is 4.74 Å². The number of benzene rings is 2. The predicted molar refractivity (Wildman–Crippen MR) is 87.9 cm³/mol. The molecule has 7 heteroatoms. The van der Waals surface area contributed by atoms with Crippen molar-refractivity contribution in [2.45, 2.75) is 6.92 Å². The van der Waals surface area contributed by atoms with Crippen molar-refractivity contribution in [3.8, 4) is 5.75 Å². The minimum absolute atomic E-state index is 0.00797. The van der Waals surface area contributed by atoms with Gasteiger partial charge in [0.25, 0.3) is 5.69 Å². The lowest BCUT2D eigenvalue weighted by Crippen LogP contribution is -2.22. The maximum Gasteiger partial charge on any atom is 0.274 e. The Bertz CT molecular complexity index is 714. The third kappa shape index (κ3) is 4.19. The highest BCUT2D eigenvalue weighted by Gasteiger charge is 2.13. The molecule has 0 saturated carbocycles. The molecule has 0 atom stereocenters. The fraction of sp³-hybridized carbons (Fsp3) is 0.188. The molecule has 0 aliphatic carbocycles. The normalized spacial score (nSPS) is 10.0. The Kier molecular flexibility index (Phi) is 5.14. The monoisotopic (exact) mass is 315 g/mol. The number of hydrogen-bond donors (Lipinski definition) is 2. The van der Waals surface area contributed by atoms with Crippen LogP contribution in [0.15, 0.2) is 42.5 Å². The molecule has 0 aromatic heterocycles. The van der Waals surface area contributed by atoms with Crippen LogP contribution in [0.1, 0.15) is 5.56 Å². The predicted octanol–water partition coefficient (Wildman–Crippen LogP) is 2.96. The summed E-state index contributed by atoms with van der Waals surface area (Å²) in [7, 11) is 1.57. The number of carbonyl (C=O) groups is 1. The highest BCUT2D eigenvalue weighted by Crippen LogP contribution is 2.24. The molecule has 2 rings (SSSR count). The SMILES string of the molecule is COc1ccc(NC(=O)CNc2cccc([N+](=O)[O-])c2C)cc1. The Morgan fingerprint density at radius 3 is 2.52 bits per heavy atom. The number of amides is 1. The molecule has 0 heterocycles. The summed E-state index contributed by atoms with van der Waals surface area (Å²) in [5.74, 6) is 0.453. The number of nitro benzene ring substituents is 1. The van der Waals surface area contributed by atoms with E-state index in [-0.39, 0.29) is 18.1 Å². The van der Waals surface area contributed by atoms with Crippen molar-refractivity contribution >= 4 is 23.0 Å². The maximum atomic E-state index is 11.9. The van der Waals surface area contributed by atoms with E-state index in [1.54, 1.807) is 50.4 Å². The topological polar surface area (TPSA) is 93.5 Å². The van der Waals surface area contributed by atoms with E-state index in [2.05, 4.69) is 10.6 Å². The molecule has 0 aliphatic heterocycles. The number of hydrogen-bond acceptors (Lipinski definition) is 5. The van der Waals surface area contributed by atoms with E-state index in [1.807, 2.05) is 0 Å².